The van der Waals surface area contributed by atoms with Crippen molar-refractivity contribution < 1.29 is 24.1 Å². The number of carboxylic acids is 1. The van der Waals surface area contributed by atoms with Crippen molar-refractivity contribution in [3.63, 3.8) is 0 Å². The van der Waals surface area contributed by atoms with Gasteiger partial charge in [-0.1, -0.05) is 32.9 Å². The normalized spacial score (nSPS) is 15.1. The summed E-state index contributed by atoms with van der Waals surface area (Å²) in [5.41, 5.74) is 4.76. The summed E-state index contributed by atoms with van der Waals surface area (Å²) in [7, 11) is 1.84. The predicted molar refractivity (Wildman–Crippen MR) is 143 cm³/mol. The number of carbonyl (C=O) groups is 1. The van der Waals surface area contributed by atoms with E-state index in [-0.39, 0.29) is 24.5 Å². The molecule has 202 valence electrons. The van der Waals surface area contributed by atoms with Crippen LogP contribution in [0.1, 0.15) is 67.6 Å². The van der Waals surface area contributed by atoms with Crippen LogP contribution in [-0.2, 0) is 36.5 Å². The number of hydrogen-bond donors (Lipinski definition) is 2. The Kier molecular flexibility index (Phi) is 7.19. The van der Waals surface area contributed by atoms with E-state index in [0.29, 0.717) is 31.1 Å². The summed E-state index contributed by atoms with van der Waals surface area (Å²) >= 11 is 0. The first-order valence-electron chi connectivity index (χ1n) is 13.2. The summed E-state index contributed by atoms with van der Waals surface area (Å²) in [4.78, 5) is 16.5. The van der Waals surface area contributed by atoms with Gasteiger partial charge in [-0.2, -0.15) is 5.10 Å². The fourth-order valence-corrected chi connectivity index (χ4v) is 5.11. The Hall–Kier alpha value is -3.75. The highest BCUT2D eigenvalue weighted by Gasteiger charge is 2.29. The third kappa shape index (κ3) is 5.71. The van der Waals surface area contributed by atoms with Crippen molar-refractivity contribution in [3.05, 3.63) is 58.4 Å². The van der Waals surface area contributed by atoms with Gasteiger partial charge in [0, 0.05) is 43.3 Å². The molecule has 0 saturated heterocycles. The van der Waals surface area contributed by atoms with E-state index in [1.165, 1.54) is 5.56 Å². The van der Waals surface area contributed by atoms with Gasteiger partial charge in [0.15, 0.2) is 11.5 Å². The molecule has 9 nitrogen and oxygen atoms in total. The van der Waals surface area contributed by atoms with Gasteiger partial charge >= 0.3 is 5.97 Å². The minimum absolute atomic E-state index is 0.0198. The van der Waals surface area contributed by atoms with Crippen LogP contribution < -0.4 is 19.5 Å². The highest BCUT2D eigenvalue weighted by atomic mass is 16.7. The van der Waals surface area contributed by atoms with E-state index in [9.17, 15) is 9.90 Å². The molecule has 0 amide bonds. The average Bonchev–Trinajstić information content (AvgIpc) is 3.48. The van der Waals surface area contributed by atoms with E-state index in [4.69, 9.17) is 19.2 Å². The number of nitrogens with zero attached hydrogens (tertiary/aromatic N) is 3. The second kappa shape index (κ2) is 10.6. The molecule has 2 aliphatic heterocycles. The minimum atomic E-state index is -0.857. The van der Waals surface area contributed by atoms with Gasteiger partial charge < -0.3 is 24.6 Å². The number of carboxylic acid groups (broad SMARTS) is 1. The second-order valence-corrected chi connectivity index (χ2v) is 11.1. The zero-order valence-corrected chi connectivity index (χ0v) is 22.5. The van der Waals surface area contributed by atoms with Crippen LogP contribution in [0.25, 0.3) is 0 Å². The van der Waals surface area contributed by atoms with Crippen molar-refractivity contribution in [2.75, 3.05) is 25.3 Å². The van der Waals surface area contributed by atoms with Crippen molar-refractivity contribution in [3.8, 4) is 17.4 Å². The first-order valence-corrected chi connectivity index (χ1v) is 13.2. The topological polar surface area (TPSA) is 108 Å². The molecular weight excluding hydrogens is 484 g/mol. The fourth-order valence-electron chi connectivity index (χ4n) is 5.11. The lowest BCUT2D eigenvalue weighted by Gasteiger charge is -2.24. The quantitative estimate of drug-likeness (QED) is 0.421. The number of aromatic nitrogens is 3. The van der Waals surface area contributed by atoms with E-state index in [1.54, 1.807) is 4.68 Å². The van der Waals surface area contributed by atoms with Crippen LogP contribution >= 0.6 is 0 Å². The zero-order chi connectivity index (χ0) is 26.9. The maximum Gasteiger partial charge on any atom is 0.303 e. The molecular formula is C29H36N4O5. The summed E-state index contributed by atoms with van der Waals surface area (Å²) in [5, 5.41) is 17.7. The van der Waals surface area contributed by atoms with E-state index in [1.807, 2.05) is 19.2 Å². The molecule has 0 radical (unpaired) electrons. The molecule has 9 heteroatoms. The van der Waals surface area contributed by atoms with E-state index in [0.717, 1.165) is 53.5 Å². The number of ether oxygens (including phenoxy) is 3. The zero-order valence-electron chi connectivity index (χ0n) is 22.5. The minimum Gasteiger partial charge on any atom is -0.481 e. The Labute approximate surface area is 223 Å². The molecule has 0 fully saturated rings. The van der Waals surface area contributed by atoms with Gasteiger partial charge in [-0.15, -0.1) is 0 Å². The largest absolute Gasteiger partial charge is 0.481 e. The SMILES string of the molecule is Cn1nc(C[C@@H](CC(=O)O)c2cc3c(c(C(C)(C)C)c2)OCO3)cc1OCCc1ccc2c(n1)NCCC2. The molecule has 1 aromatic carbocycles. The van der Waals surface area contributed by atoms with Crippen molar-refractivity contribution in [1.29, 1.82) is 0 Å². The number of benzene rings is 1. The Morgan fingerprint density at radius 1 is 1.21 bits per heavy atom. The number of nitrogens with one attached hydrogen (secondary N) is 1. The summed E-state index contributed by atoms with van der Waals surface area (Å²) in [6.45, 7) is 7.94. The maximum absolute atomic E-state index is 11.8. The summed E-state index contributed by atoms with van der Waals surface area (Å²) < 4.78 is 19.2. The first-order chi connectivity index (χ1) is 18.2. The average molecular weight is 521 g/mol. The van der Waals surface area contributed by atoms with Crippen LogP contribution in [0, 0.1) is 0 Å². The maximum atomic E-state index is 11.8. The van der Waals surface area contributed by atoms with Crippen LogP contribution in [0.3, 0.4) is 0 Å². The summed E-state index contributed by atoms with van der Waals surface area (Å²) in [6.07, 6.45) is 3.33. The van der Waals surface area contributed by atoms with Crippen LogP contribution in [0.4, 0.5) is 5.82 Å². The third-order valence-electron chi connectivity index (χ3n) is 7.10. The molecule has 0 spiro atoms. The van der Waals surface area contributed by atoms with Crippen molar-refractivity contribution in [1.82, 2.24) is 14.8 Å². The van der Waals surface area contributed by atoms with Crippen LogP contribution in [-0.4, -0.2) is 45.8 Å². The highest BCUT2D eigenvalue weighted by molar-refractivity contribution is 5.68. The molecule has 1 atom stereocenters. The van der Waals surface area contributed by atoms with Gasteiger partial charge in [0.25, 0.3) is 0 Å². The molecule has 2 aliphatic rings. The molecule has 4 heterocycles. The molecule has 0 bridgehead atoms. The van der Waals surface area contributed by atoms with Crippen molar-refractivity contribution in [2.45, 2.75) is 64.2 Å². The van der Waals surface area contributed by atoms with Gasteiger partial charge in [0.05, 0.1) is 18.7 Å². The first kappa shape index (κ1) is 25.9. The number of rotatable bonds is 9. The molecule has 2 aromatic heterocycles. The Balaban J connectivity index is 1.30. The van der Waals surface area contributed by atoms with E-state index < -0.39 is 5.97 Å². The van der Waals surface area contributed by atoms with Crippen molar-refractivity contribution in [2.24, 2.45) is 7.05 Å². The molecule has 0 unspecified atom stereocenters. The van der Waals surface area contributed by atoms with E-state index in [2.05, 4.69) is 49.4 Å². The number of aryl methyl sites for hydroxylation is 2. The Morgan fingerprint density at radius 2 is 2.05 bits per heavy atom. The summed E-state index contributed by atoms with van der Waals surface area (Å²) in [6, 6.07) is 10.1. The van der Waals surface area contributed by atoms with Gasteiger partial charge in [-0.25, -0.2) is 9.67 Å². The highest BCUT2D eigenvalue weighted by Crippen LogP contribution is 2.44. The number of anilines is 1. The second-order valence-electron chi connectivity index (χ2n) is 11.1. The fraction of sp³-hybridized carbons (Fsp3) is 0.483. The molecule has 2 N–H and O–H groups in total. The van der Waals surface area contributed by atoms with Gasteiger partial charge in [-0.05, 0) is 47.9 Å². The molecule has 38 heavy (non-hydrogen) atoms. The lowest BCUT2D eigenvalue weighted by atomic mass is 9.82. The number of aliphatic carboxylic acids is 1. The van der Waals surface area contributed by atoms with Gasteiger partial charge in [0.2, 0.25) is 12.7 Å². The third-order valence-corrected chi connectivity index (χ3v) is 7.10. The van der Waals surface area contributed by atoms with Crippen LogP contribution in [0.2, 0.25) is 0 Å². The number of pyridine rings is 1. The molecule has 0 saturated carbocycles. The Bertz CT molecular complexity index is 1330. The standard InChI is InChI=1S/C29H36N4O5/c1-29(2,3)23-13-20(14-24-27(23)38-17-37-24)19(15-26(34)35)12-22-16-25(33(4)32-22)36-11-9-21-8-7-18-6-5-10-30-28(18)31-21/h7-8,13-14,16,19H,5-6,9-12,15,17H2,1-4H3,(H,30,31)(H,34,35)/t19-/m0/s1. The lowest BCUT2D eigenvalue weighted by Crippen LogP contribution is -2.15. The molecule has 3 aromatic rings. The predicted octanol–water partition coefficient (Wildman–Crippen LogP) is 4.62. The van der Waals surface area contributed by atoms with E-state index >= 15 is 0 Å². The Morgan fingerprint density at radius 3 is 2.84 bits per heavy atom. The summed E-state index contributed by atoms with van der Waals surface area (Å²) in [5.74, 6) is 1.90. The smallest absolute Gasteiger partial charge is 0.303 e. The lowest BCUT2D eigenvalue weighted by molar-refractivity contribution is -0.137. The molecule has 0 aliphatic carbocycles. The molecule has 5 rings (SSSR count). The monoisotopic (exact) mass is 520 g/mol. The van der Waals surface area contributed by atoms with Crippen LogP contribution in [0.5, 0.6) is 17.4 Å². The van der Waals surface area contributed by atoms with Gasteiger partial charge in [-0.3, -0.25) is 4.79 Å². The number of fused-ring (bicyclic) bond motifs is 2. The number of hydrogen-bond acceptors (Lipinski definition) is 7. The van der Waals surface area contributed by atoms with Gasteiger partial charge in [0.1, 0.15) is 5.82 Å². The van der Waals surface area contributed by atoms with Crippen molar-refractivity contribution >= 4 is 11.8 Å². The van der Waals surface area contributed by atoms with Crippen LogP contribution in [0.15, 0.2) is 30.3 Å².